The largest absolute Gasteiger partial charge is 0.378 e. The van der Waals surface area contributed by atoms with Gasteiger partial charge < -0.3 is 4.90 Å². The highest BCUT2D eigenvalue weighted by Gasteiger charge is 2.11. The summed E-state index contributed by atoms with van der Waals surface area (Å²) < 4.78 is 1.73. The number of rotatable bonds is 5. The van der Waals surface area contributed by atoms with E-state index in [1.54, 1.807) is 0 Å². The molecule has 0 radical (unpaired) electrons. The van der Waals surface area contributed by atoms with Crippen molar-refractivity contribution in [3.8, 4) is 11.4 Å². The summed E-state index contributed by atoms with van der Waals surface area (Å²) in [6, 6.07) is 11.9. The smallest absolute Gasteiger partial charge is 0.270 e. The van der Waals surface area contributed by atoms with E-state index < -0.39 is 4.92 Å². The maximum Gasteiger partial charge on any atom is 0.270 e. The summed E-state index contributed by atoms with van der Waals surface area (Å²) in [4.78, 5) is 12.4. The molecule has 2 aromatic carbocycles. The van der Waals surface area contributed by atoms with Gasteiger partial charge in [-0.1, -0.05) is 11.6 Å². The average molecular weight is 403 g/mol. The second-order valence-corrected chi connectivity index (χ2v) is 6.61. The third-order valence-electron chi connectivity index (χ3n) is 3.80. The number of aromatic nitrogens is 3. The number of nitrogens with zero attached hydrogens (tertiary/aromatic N) is 5. The number of halogens is 1. The van der Waals surface area contributed by atoms with Crippen LogP contribution >= 0.6 is 23.8 Å². The molecule has 8 nitrogen and oxygen atoms in total. The van der Waals surface area contributed by atoms with Crippen LogP contribution in [0.15, 0.2) is 47.6 Å². The SMILES string of the molecule is CN(C)c1ccc(-c2n[nH]c(=S)n2N=Cc2cc([N+](=O)[O-])ccc2Cl)cc1. The molecule has 0 saturated carbocycles. The van der Waals surface area contributed by atoms with Crippen molar-refractivity contribution in [3.63, 3.8) is 0 Å². The molecule has 27 heavy (non-hydrogen) atoms. The maximum atomic E-state index is 10.9. The van der Waals surface area contributed by atoms with Crippen LogP contribution in [0.5, 0.6) is 0 Å². The Morgan fingerprint density at radius 3 is 2.63 bits per heavy atom. The van der Waals surface area contributed by atoms with Gasteiger partial charge >= 0.3 is 0 Å². The first-order chi connectivity index (χ1) is 12.9. The molecule has 0 amide bonds. The van der Waals surface area contributed by atoms with Gasteiger partial charge in [-0.05, 0) is 42.5 Å². The number of hydrogen-bond donors (Lipinski definition) is 1. The predicted molar refractivity (Wildman–Crippen MR) is 108 cm³/mol. The molecule has 1 heterocycles. The van der Waals surface area contributed by atoms with E-state index in [4.69, 9.17) is 23.8 Å². The zero-order chi connectivity index (χ0) is 19.6. The van der Waals surface area contributed by atoms with Gasteiger partial charge in [0.2, 0.25) is 4.77 Å². The van der Waals surface area contributed by atoms with Gasteiger partial charge in [0.1, 0.15) is 0 Å². The summed E-state index contributed by atoms with van der Waals surface area (Å²) in [5.41, 5.74) is 2.19. The fourth-order valence-corrected chi connectivity index (χ4v) is 2.70. The lowest BCUT2D eigenvalue weighted by molar-refractivity contribution is -0.384. The third-order valence-corrected chi connectivity index (χ3v) is 4.40. The van der Waals surface area contributed by atoms with Gasteiger partial charge in [0.05, 0.1) is 11.1 Å². The number of H-pyrrole nitrogens is 1. The Morgan fingerprint density at radius 1 is 1.30 bits per heavy atom. The Hall–Kier alpha value is -3.04. The number of nitrogens with one attached hydrogen (secondary N) is 1. The Morgan fingerprint density at radius 2 is 2.00 bits per heavy atom. The van der Waals surface area contributed by atoms with Crippen LogP contribution < -0.4 is 4.90 Å². The van der Waals surface area contributed by atoms with Gasteiger partial charge in [-0.3, -0.25) is 10.1 Å². The Bertz CT molecular complexity index is 1070. The highest BCUT2D eigenvalue weighted by atomic mass is 35.5. The van der Waals surface area contributed by atoms with Crippen molar-refractivity contribution in [1.82, 2.24) is 14.9 Å². The maximum absolute atomic E-state index is 10.9. The van der Waals surface area contributed by atoms with Crippen LogP contribution in [-0.2, 0) is 0 Å². The first kappa shape index (κ1) is 18.7. The lowest BCUT2D eigenvalue weighted by Crippen LogP contribution is -2.08. The van der Waals surface area contributed by atoms with Gasteiger partial charge in [0.15, 0.2) is 5.82 Å². The molecular weight excluding hydrogens is 388 g/mol. The number of nitro benzene ring substituents is 1. The van der Waals surface area contributed by atoms with Gasteiger partial charge in [-0.2, -0.15) is 14.9 Å². The first-order valence-electron chi connectivity index (χ1n) is 7.80. The summed E-state index contributed by atoms with van der Waals surface area (Å²) >= 11 is 11.3. The topological polar surface area (TPSA) is 92.3 Å². The van der Waals surface area contributed by atoms with E-state index in [0.717, 1.165) is 11.3 Å². The van der Waals surface area contributed by atoms with Crippen molar-refractivity contribution in [2.24, 2.45) is 5.10 Å². The highest BCUT2D eigenvalue weighted by Crippen LogP contribution is 2.23. The van der Waals surface area contributed by atoms with E-state index in [0.29, 0.717) is 21.2 Å². The van der Waals surface area contributed by atoms with Gasteiger partial charge in [0.25, 0.3) is 5.69 Å². The molecule has 10 heteroatoms. The molecule has 0 aliphatic carbocycles. The first-order valence-corrected chi connectivity index (χ1v) is 8.59. The van der Waals surface area contributed by atoms with Crippen molar-refractivity contribution in [2.75, 3.05) is 19.0 Å². The molecule has 3 rings (SSSR count). The van der Waals surface area contributed by atoms with E-state index in [2.05, 4.69) is 15.3 Å². The second kappa shape index (κ2) is 7.68. The zero-order valence-electron chi connectivity index (χ0n) is 14.5. The number of aromatic amines is 1. The van der Waals surface area contributed by atoms with Crippen LogP contribution in [0.4, 0.5) is 11.4 Å². The Kier molecular flexibility index (Phi) is 5.33. The van der Waals surface area contributed by atoms with Crippen LogP contribution in [0.2, 0.25) is 5.02 Å². The average Bonchev–Trinajstić information content (AvgIpc) is 3.01. The molecule has 0 atom stereocenters. The quantitative estimate of drug-likeness (QED) is 0.300. The fraction of sp³-hybridized carbons (Fsp3) is 0.118. The molecule has 0 saturated heterocycles. The van der Waals surface area contributed by atoms with E-state index in [1.165, 1.54) is 29.1 Å². The fourth-order valence-electron chi connectivity index (χ4n) is 2.36. The van der Waals surface area contributed by atoms with Crippen LogP contribution in [0.25, 0.3) is 11.4 Å². The molecule has 0 unspecified atom stereocenters. The molecule has 1 N–H and O–H groups in total. The van der Waals surface area contributed by atoms with Crippen molar-refractivity contribution in [2.45, 2.75) is 0 Å². The van der Waals surface area contributed by atoms with Crippen molar-refractivity contribution < 1.29 is 4.92 Å². The van der Waals surface area contributed by atoms with Crippen LogP contribution in [0.1, 0.15) is 5.56 Å². The van der Waals surface area contributed by atoms with E-state index in [9.17, 15) is 10.1 Å². The number of nitro groups is 1. The Labute approximate surface area is 164 Å². The summed E-state index contributed by atoms with van der Waals surface area (Å²) in [6.07, 6.45) is 1.42. The molecule has 0 fully saturated rings. The number of anilines is 1. The van der Waals surface area contributed by atoms with E-state index in [1.807, 2.05) is 43.3 Å². The third kappa shape index (κ3) is 4.04. The van der Waals surface area contributed by atoms with Crippen molar-refractivity contribution in [1.29, 1.82) is 0 Å². The number of non-ortho nitro benzene ring substituents is 1. The van der Waals surface area contributed by atoms with Crippen molar-refractivity contribution in [3.05, 3.63) is 67.9 Å². The molecule has 0 bridgehead atoms. The van der Waals surface area contributed by atoms with Gasteiger partial charge in [-0.15, -0.1) is 0 Å². The van der Waals surface area contributed by atoms with Crippen LogP contribution in [-0.4, -0.2) is 40.1 Å². The molecule has 3 aromatic rings. The van der Waals surface area contributed by atoms with Gasteiger partial charge in [-0.25, -0.2) is 5.10 Å². The van der Waals surface area contributed by atoms with E-state index in [-0.39, 0.29) is 5.69 Å². The molecule has 1 aromatic heterocycles. The lowest BCUT2D eigenvalue weighted by Gasteiger charge is -2.12. The molecule has 0 aliphatic rings. The number of benzene rings is 2. The van der Waals surface area contributed by atoms with Crippen LogP contribution in [0.3, 0.4) is 0 Å². The normalized spacial score (nSPS) is 11.1. The van der Waals surface area contributed by atoms with Crippen molar-refractivity contribution >= 4 is 41.4 Å². The molecule has 0 spiro atoms. The zero-order valence-corrected chi connectivity index (χ0v) is 16.0. The minimum Gasteiger partial charge on any atom is -0.378 e. The summed E-state index contributed by atoms with van der Waals surface area (Å²) in [5, 5.41) is 22.5. The van der Waals surface area contributed by atoms with Crippen LogP contribution in [0, 0.1) is 14.9 Å². The summed E-state index contributed by atoms with van der Waals surface area (Å²) in [5.74, 6) is 0.517. The minimum atomic E-state index is -0.491. The summed E-state index contributed by atoms with van der Waals surface area (Å²) in [7, 11) is 3.91. The Balaban J connectivity index is 1.98. The monoisotopic (exact) mass is 402 g/mol. The molecule has 138 valence electrons. The minimum absolute atomic E-state index is 0.0730. The van der Waals surface area contributed by atoms with Gasteiger partial charge in [0, 0.05) is 48.1 Å². The summed E-state index contributed by atoms with van der Waals surface area (Å²) in [6.45, 7) is 0. The predicted octanol–water partition coefficient (Wildman–Crippen LogP) is 4.12. The van der Waals surface area contributed by atoms with E-state index >= 15 is 0 Å². The lowest BCUT2D eigenvalue weighted by atomic mass is 10.2. The highest BCUT2D eigenvalue weighted by molar-refractivity contribution is 7.71. The standard InChI is InChI=1S/C17H15ClN6O2S/c1-22(2)13-5-3-11(4-6-13)16-20-21-17(27)23(16)19-10-12-9-14(24(25)26)7-8-15(12)18/h3-10H,1-2H3,(H,21,27). The molecule has 0 aliphatic heterocycles. The number of hydrogen-bond acceptors (Lipinski definition) is 6. The molecular formula is C17H15ClN6O2S. The second-order valence-electron chi connectivity index (χ2n) is 5.81.